The fourth-order valence-corrected chi connectivity index (χ4v) is 0.867. The van der Waals surface area contributed by atoms with Crippen molar-refractivity contribution in [3.05, 3.63) is 29.8 Å². The fraction of sp³-hybridized carbons (Fsp3) is 0.222. The quantitative estimate of drug-likeness (QED) is 0.568. The highest BCUT2D eigenvalue weighted by Crippen LogP contribution is 2.05. The molecule has 0 spiro atoms. The maximum absolute atomic E-state index is 12.4. The van der Waals surface area contributed by atoms with Gasteiger partial charge in [-0.3, -0.25) is 14.6 Å². The summed E-state index contributed by atoms with van der Waals surface area (Å²) in [6.07, 6.45) is -3.31. The third-order valence-electron chi connectivity index (χ3n) is 1.59. The molecule has 0 aromatic carbocycles. The van der Waals surface area contributed by atoms with Crippen molar-refractivity contribution in [3.8, 4) is 0 Å². The van der Waals surface area contributed by atoms with Crippen molar-refractivity contribution in [1.29, 1.82) is 0 Å². The molecule has 0 aliphatic heterocycles. The molecule has 0 N–H and O–H groups in total. The monoisotopic (exact) mass is 217 g/mol. The van der Waals surface area contributed by atoms with Crippen LogP contribution in [0.15, 0.2) is 18.3 Å². The van der Waals surface area contributed by atoms with Crippen LogP contribution < -0.4 is 0 Å². The van der Waals surface area contributed by atoms with Crippen molar-refractivity contribution in [2.45, 2.75) is 12.8 Å². The second kappa shape index (κ2) is 4.68. The van der Waals surface area contributed by atoms with Gasteiger partial charge in [-0.25, -0.2) is 13.2 Å². The van der Waals surface area contributed by atoms with Crippen LogP contribution in [0.1, 0.15) is 16.9 Å². The fourth-order valence-electron chi connectivity index (χ4n) is 0.867. The predicted molar refractivity (Wildman–Crippen MR) is 44.2 cm³/mol. The van der Waals surface area contributed by atoms with Crippen LogP contribution in [-0.2, 0) is 4.79 Å². The maximum Gasteiger partial charge on any atom is 0.296 e. The van der Waals surface area contributed by atoms with Crippen molar-refractivity contribution in [3.63, 3.8) is 0 Å². The normalized spacial score (nSPS) is 10.4. The summed E-state index contributed by atoms with van der Waals surface area (Å²) in [6.45, 7) is 0. The minimum absolute atomic E-state index is 0.203. The lowest BCUT2D eigenvalue weighted by atomic mass is 10.1. The number of hydrogen-bond acceptors (Lipinski definition) is 3. The number of aromatic nitrogens is 1. The van der Waals surface area contributed by atoms with E-state index in [1.807, 2.05) is 0 Å². The summed E-state index contributed by atoms with van der Waals surface area (Å²) >= 11 is 0. The van der Waals surface area contributed by atoms with Gasteiger partial charge in [0.15, 0.2) is 5.78 Å². The van der Waals surface area contributed by atoms with E-state index in [2.05, 4.69) is 4.98 Å². The summed E-state index contributed by atoms with van der Waals surface area (Å²) in [5, 5.41) is 0. The zero-order valence-corrected chi connectivity index (χ0v) is 7.41. The molecule has 0 aliphatic rings. The first-order valence-corrected chi connectivity index (χ1v) is 3.96. The van der Waals surface area contributed by atoms with Crippen LogP contribution in [0.4, 0.5) is 13.2 Å². The first kappa shape index (κ1) is 11.4. The van der Waals surface area contributed by atoms with Gasteiger partial charge in [0, 0.05) is 0 Å². The molecule has 0 fully saturated rings. The maximum atomic E-state index is 12.4. The molecule has 0 amide bonds. The Labute approximate surface area is 82.9 Å². The molecule has 0 unspecified atom stereocenters. The van der Waals surface area contributed by atoms with E-state index in [1.54, 1.807) is 0 Å². The Morgan fingerprint density at radius 3 is 2.47 bits per heavy atom. The molecule has 1 heterocycles. The minimum Gasteiger partial charge on any atom is -0.293 e. The number of Topliss-reactive ketones (excluding diaryl/α,β-unsaturated/α-hetero) is 2. The van der Waals surface area contributed by atoms with E-state index in [0.29, 0.717) is 0 Å². The van der Waals surface area contributed by atoms with Gasteiger partial charge in [-0.1, -0.05) is 0 Å². The molecular weight excluding hydrogens is 211 g/mol. The van der Waals surface area contributed by atoms with Gasteiger partial charge in [0.25, 0.3) is 6.43 Å². The Kier molecular flexibility index (Phi) is 3.54. The SMILES string of the molecule is O=C(CC(=O)C(F)F)c1ccc(F)cn1. The van der Waals surface area contributed by atoms with Crippen LogP contribution in [-0.4, -0.2) is 23.0 Å². The highest BCUT2D eigenvalue weighted by Gasteiger charge is 2.20. The Morgan fingerprint density at radius 1 is 1.33 bits per heavy atom. The summed E-state index contributed by atoms with van der Waals surface area (Å²) in [6, 6.07) is 2.00. The first-order chi connectivity index (χ1) is 7.00. The van der Waals surface area contributed by atoms with Crippen LogP contribution >= 0.6 is 0 Å². The number of pyridine rings is 1. The van der Waals surface area contributed by atoms with Crippen LogP contribution in [0, 0.1) is 5.82 Å². The third-order valence-corrected chi connectivity index (χ3v) is 1.59. The molecule has 0 bridgehead atoms. The number of carbonyl (C=O) groups excluding carboxylic acids is 2. The second-order valence-electron chi connectivity index (χ2n) is 2.73. The standard InChI is InChI=1S/C9H6F3NO2/c10-5-1-2-6(13-4-5)7(14)3-8(15)9(11)12/h1-2,4,9H,3H2. The van der Waals surface area contributed by atoms with Gasteiger partial charge < -0.3 is 0 Å². The van der Waals surface area contributed by atoms with Crippen LogP contribution in [0.5, 0.6) is 0 Å². The Bertz CT molecular complexity index is 375. The Balaban J connectivity index is 2.69. The molecular formula is C9H6F3NO2. The molecule has 0 radical (unpaired) electrons. The second-order valence-corrected chi connectivity index (χ2v) is 2.73. The lowest BCUT2D eigenvalue weighted by Crippen LogP contribution is -2.16. The Hall–Kier alpha value is -1.72. The molecule has 80 valence electrons. The van der Waals surface area contributed by atoms with Crippen molar-refractivity contribution >= 4 is 11.6 Å². The smallest absolute Gasteiger partial charge is 0.293 e. The van der Waals surface area contributed by atoms with E-state index < -0.39 is 30.2 Å². The molecule has 0 saturated carbocycles. The average molecular weight is 217 g/mol. The third kappa shape index (κ3) is 3.16. The number of nitrogens with zero attached hydrogens (tertiary/aromatic N) is 1. The van der Waals surface area contributed by atoms with Gasteiger partial charge in [-0.2, -0.15) is 0 Å². The average Bonchev–Trinajstić information content (AvgIpc) is 2.18. The van der Waals surface area contributed by atoms with Crippen molar-refractivity contribution in [1.82, 2.24) is 4.98 Å². The summed E-state index contributed by atoms with van der Waals surface area (Å²) in [5.74, 6) is -2.96. The molecule has 1 rings (SSSR count). The number of halogens is 3. The van der Waals surface area contributed by atoms with Gasteiger partial charge in [0.05, 0.1) is 12.6 Å². The highest BCUT2D eigenvalue weighted by atomic mass is 19.3. The van der Waals surface area contributed by atoms with Crippen molar-refractivity contribution < 1.29 is 22.8 Å². The van der Waals surface area contributed by atoms with Gasteiger partial charge in [-0.05, 0) is 12.1 Å². The summed E-state index contributed by atoms with van der Waals surface area (Å²) in [7, 11) is 0. The van der Waals surface area contributed by atoms with Crippen molar-refractivity contribution in [2.24, 2.45) is 0 Å². The lowest BCUT2D eigenvalue weighted by molar-refractivity contribution is -0.128. The summed E-state index contributed by atoms with van der Waals surface area (Å²) < 4.78 is 36.0. The first-order valence-electron chi connectivity index (χ1n) is 3.96. The van der Waals surface area contributed by atoms with Gasteiger partial charge in [-0.15, -0.1) is 0 Å². The number of hydrogen-bond donors (Lipinski definition) is 0. The largest absolute Gasteiger partial charge is 0.296 e. The molecule has 15 heavy (non-hydrogen) atoms. The van der Waals surface area contributed by atoms with Crippen LogP contribution in [0.3, 0.4) is 0 Å². The molecule has 3 nitrogen and oxygen atoms in total. The highest BCUT2D eigenvalue weighted by molar-refractivity contribution is 6.07. The van der Waals surface area contributed by atoms with Crippen LogP contribution in [0.25, 0.3) is 0 Å². The number of ketones is 2. The lowest BCUT2D eigenvalue weighted by Gasteiger charge is -1.98. The molecule has 0 aliphatic carbocycles. The van der Waals surface area contributed by atoms with Crippen LogP contribution in [0.2, 0.25) is 0 Å². The van der Waals surface area contributed by atoms with E-state index in [9.17, 15) is 22.8 Å². The van der Waals surface area contributed by atoms with Crippen molar-refractivity contribution in [2.75, 3.05) is 0 Å². The zero-order chi connectivity index (χ0) is 11.4. The minimum atomic E-state index is -3.17. The molecule has 0 atom stereocenters. The van der Waals surface area contributed by atoms with Gasteiger partial charge in [0.2, 0.25) is 5.78 Å². The van der Waals surface area contributed by atoms with Gasteiger partial charge >= 0.3 is 0 Å². The van der Waals surface area contributed by atoms with E-state index >= 15 is 0 Å². The molecule has 1 aromatic rings. The van der Waals surface area contributed by atoms with E-state index in [4.69, 9.17) is 0 Å². The number of alkyl halides is 2. The molecule has 1 aromatic heterocycles. The van der Waals surface area contributed by atoms with E-state index in [1.165, 1.54) is 0 Å². The summed E-state index contributed by atoms with van der Waals surface area (Å²) in [4.78, 5) is 25.0. The molecule has 0 saturated heterocycles. The van der Waals surface area contributed by atoms with E-state index in [-0.39, 0.29) is 5.69 Å². The number of rotatable bonds is 4. The van der Waals surface area contributed by atoms with E-state index in [0.717, 1.165) is 18.3 Å². The van der Waals surface area contributed by atoms with Gasteiger partial charge in [0.1, 0.15) is 11.5 Å². The zero-order valence-electron chi connectivity index (χ0n) is 7.41. The Morgan fingerprint density at radius 2 is 2.00 bits per heavy atom. The number of carbonyl (C=O) groups is 2. The topological polar surface area (TPSA) is 47.0 Å². The molecule has 6 heteroatoms. The predicted octanol–water partition coefficient (Wildman–Crippen LogP) is 1.63. The summed E-state index contributed by atoms with van der Waals surface area (Å²) in [5.41, 5.74) is -0.203.